The Labute approximate surface area is 87.0 Å². The Morgan fingerprint density at radius 2 is 2.25 bits per heavy atom. The van der Waals surface area contributed by atoms with Gasteiger partial charge in [0.25, 0.3) is 5.56 Å². The highest BCUT2D eigenvalue weighted by Gasteiger charge is 2.02. The first-order valence-corrected chi connectivity index (χ1v) is 5.35. The predicted octanol–water partition coefficient (Wildman–Crippen LogP) is 2.27. The highest BCUT2D eigenvalue weighted by molar-refractivity contribution is 14.1. The zero-order valence-corrected chi connectivity index (χ0v) is 9.35. The lowest BCUT2D eigenvalue weighted by molar-refractivity contribution is 1.11. The number of thiazole rings is 1. The minimum absolute atomic E-state index is 0.0507. The molecule has 0 fully saturated rings. The first-order chi connectivity index (χ1) is 5.68. The fourth-order valence-corrected chi connectivity index (χ4v) is 2.73. The highest BCUT2D eigenvalue weighted by atomic mass is 127. The molecule has 0 aliphatic carbocycles. The van der Waals surface area contributed by atoms with Crippen molar-refractivity contribution in [3.8, 4) is 0 Å². The standard InChI is InChI=1S/C8H6INOS/c1-5-4-10-7(11)3-2-6(9)8(10)12-5/h2-4H,1H3. The number of aryl methyl sites for hydroxylation is 1. The SMILES string of the molecule is Cc1cn2c(=O)ccc(I)c2s1. The van der Waals surface area contributed by atoms with Crippen LogP contribution in [0.3, 0.4) is 0 Å². The Hall–Kier alpha value is -0.360. The molecular weight excluding hydrogens is 285 g/mol. The lowest BCUT2D eigenvalue weighted by atomic mass is 10.5. The molecule has 2 aromatic rings. The molecule has 0 saturated heterocycles. The molecule has 2 nitrogen and oxygen atoms in total. The number of rotatable bonds is 0. The van der Waals surface area contributed by atoms with E-state index in [-0.39, 0.29) is 5.56 Å². The molecule has 0 N–H and O–H groups in total. The monoisotopic (exact) mass is 291 g/mol. The maximum atomic E-state index is 11.3. The van der Waals surface area contributed by atoms with Gasteiger partial charge < -0.3 is 0 Å². The van der Waals surface area contributed by atoms with Crippen molar-refractivity contribution in [2.24, 2.45) is 0 Å². The first-order valence-electron chi connectivity index (χ1n) is 3.46. The Kier molecular flexibility index (Phi) is 1.96. The zero-order valence-electron chi connectivity index (χ0n) is 6.37. The van der Waals surface area contributed by atoms with Crippen LogP contribution in [-0.2, 0) is 0 Å². The molecule has 0 spiro atoms. The zero-order chi connectivity index (χ0) is 8.72. The quantitative estimate of drug-likeness (QED) is 0.682. The van der Waals surface area contributed by atoms with Gasteiger partial charge in [0.15, 0.2) is 0 Å². The van der Waals surface area contributed by atoms with Gasteiger partial charge in [-0.15, -0.1) is 11.3 Å². The van der Waals surface area contributed by atoms with Crippen LogP contribution >= 0.6 is 33.9 Å². The van der Waals surface area contributed by atoms with E-state index in [9.17, 15) is 4.79 Å². The van der Waals surface area contributed by atoms with Gasteiger partial charge in [0.2, 0.25) is 0 Å². The third kappa shape index (κ3) is 1.19. The van der Waals surface area contributed by atoms with Gasteiger partial charge >= 0.3 is 0 Å². The van der Waals surface area contributed by atoms with E-state index in [1.54, 1.807) is 21.8 Å². The Morgan fingerprint density at radius 1 is 1.50 bits per heavy atom. The van der Waals surface area contributed by atoms with Crippen LogP contribution in [0.2, 0.25) is 0 Å². The fourth-order valence-electron chi connectivity index (χ4n) is 1.09. The van der Waals surface area contributed by atoms with E-state index in [0.29, 0.717) is 0 Å². The third-order valence-corrected chi connectivity index (χ3v) is 3.88. The summed E-state index contributed by atoms with van der Waals surface area (Å²) in [5.41, 5.74) is 0.0507. The average molecular weight is 291 g/mol. The molecule has 0 aliphatic rings. The van der Waals surface area contributed by atoms with Crippen molar-refractivity contribution in [2.75, 3.05) is 0 Å². The molecule has 0 aromatic carbocycles. The molecule has 62 valence electrons. The summed E-state index contributed by atoms with van der Waals surface area (Å²) in [6, 6.07) is 3.45. The van der Waals surface area contributed by atoms with E-state index in [2.05, 4.69) is 22.6 Å². The summed E-state index contributed by atoms with van der Waals surface area (Å²) in [7, 11) is 0. The third-order valence-electron chi connectivity index (χ3n) is 1.60. The minimum atomic E-state index is 0.0507. The van der Waals surface area contributed by atoms with E-state index in [1.807, 2.05) is 19.2 Å². The van der Waals surface area contributed by atoms with Crippen LogP contribution in [0.4, 0.5) is 0 Å². The van der Waals surface area contributed by atoms with Crippen LogP contribution < -0.4 is 5.56 Å². The molecule has 0 radical (unpaired) electrons. The number of aromatic nitrogens is 1. The van der Waals surface area contributed by atoms with Gasteiger partial charge in [-0.25, -0.2) is 0 Å². The van der Waals surface area contributed by atoms with Crippen molar-refractivity contribution in [1.82, 2.24) is 4.40 Å². The molecule has 12 heavy (non-hydrogen) atoms. The first kappa shape index (κ1) is 8.25. The second-order valence-corrected chi connectivity index (χ2v) is 4.93. The maximum Gasteiger partial charge on any atom is 0.255 e. The largest absolute Gasteiger partial charge is 0.273 e. The molecule has 0 atom stereocenters. The van der Waals surface area contributed by atoms with Crippen molar-refractivity contribution in [1.29, 1.82) is 0 Å². The molecule has 0 amide bonds. The molecule has 0 aliphatic heterocycles. The number of fused-ring (bicyclic) bond motifs is 1. The smallest absolute Gasteiger partial charge is 0.255 e. The van der Waals surface area contributed by atoms with Crippen molar-refractivity contribution in [3.05, 3.63) is 37.1 Å². The van der Waals surface area contributed by atoms with Crippen LogP contribution in [-0.4, -0.2) is 4.40 Å². The summed E-state index contributed by atoms with van der Waals surface area (Å²) in [6.07, 6.45) is 1.88. The van der Waals surface area contributed by atoms with E-state index in [0.717, 1.165) is 13.3 Å². The van der Waals surface area contributed by atoms with Gasteiger partial charge in [-0.05, 0) is 35.6 Å². The normalized spacial score (nSPS) is 10.8. The molecule has 2 aromatic heterocycles. The van der Waals surface area contributed by atoms with Gasteiger partial charge in [-0.3, -0.25) is 9.20 Å². The summed E-state index contributed by atoms with van der Waals surface area (Å²) in [5.74, 6) is 0. The van der Waals surface area contributed by atoms with Gasteiger partial charge in [0, 0.05) is 20.7 Å². The van der Waals surface area contributed by atoms with Crippen molar-refractivity contribution >= 4 is 38.8 Å². The maximum absolute atomic E-state index is 11.3. The van der Waals surface area contributed by atoms with Crippen molar-refractivity contribution < 1.29 is 0 Å². The van der Waals surface area contributed by atoms with Crippen LogP contribution in [0.15, 0.2) is 23.1 Å². The fraction of sp³-hybridized carbons (Fsp3) is 0.125. The van der Waals surface area contributed by atoms with Crippen LogP contribution in [0.1, 0.15) is 4.88 Å². The van der Waals surface area contributed by atoms with Crippen LogP contribution in [0.5, 0.6) is 0 Å². The molecule has 0 saturated carbocycles. The predicted molar refractivity (Wildman–Crippen MR) is 59.0 cm³/mol. The number of hydrogen-bond donors (Lipinski definition) is 0. The summed E-state index contributed by atoms with van der Waals surface area (Å²) in [6.45, 7) is 2.01. The molecule has 2 rings (SSSR count). The summed E-state index contributed by atoms with van der Waals surface area (Å²) >= 11 is 3.89. The Bertz CT molecular complexity index is 485. The average Bonchev–Trinajstić information content (AvgIpc) is 2.41. The summed E-state index contributed by atoms with van der Waals surface area (Å²) < 4.78 is 2.83. The van der Waals surface area contributed by atoms with Gasteiger partial charge in [0.1, 0.15) is 4.83 Å². The lowest BCUT2D eigenvalue weighted by Crippen LogP contribution is -2.09. The van der Waals surface area contributed by atoms with Crippen LogP contribution in [0, 0.1) is 10.5 Å². The lowest BCUT2D eigenvalue weighted by Gasteiger charge is -1.92. The second-order valence-electron chi connectivity index (χ2n) is 2.54. The van der Waals surface area contributed by atoms with E-state index < -0.39 is 0 Å². The minimum Gasteiger partial charge on any atom is -0.273 e. The van der Waals surface area contributed by atoms with Crippen molar-refractivity contribution in [3.63, 3.8) is 0 Å². The molecular formula is C8H6INOS. The van der Waals surface area contributed by atoms with Crippen LogP contribution in [0.25, 0.3) is 4.83 Å². The number of pyridine rings is 1. The second kappa shape index (κ2) is 2.85. The topological polar surface area (TPSA) is 21.5 Å². The van der Waals surface area contributed by atoms with E-state index in [1.165, 1.54) is 0 Å². The number of hydrogen-bond acceptors (Lipinski definition) is 2. The Balaban J connectivity index is 3.03. The summed E-state index contributed by atoms with van der Waals surface area (Å²) in [5, 5.41) is 0. The van der Waals surface area contributed by atoms with Gasteiger partial charge in [0.05, 0.1) is 0 Å². The highest BCUT2D eigenvalue weighted by Crippen LogP contribution is 2.20. The molecule has 0 bridgehead atoms. The number of halogens is 1. The summed E-state index contributed by atoms with van der Waals surface area (Å²) in [4.78, 5) is 13.5. The van der Waals surface area contributed by atoms with Gasteiger partial charge in [-0.2, -0.15) is 0 Å². The number of nitrogens with zero attached hydrogens (tertiary/aromatic N) is 1. The molecule has 2 heterocycles. The van der Waals surface area contributed by atoms with Gasteiger partial charge in [-0.1, -0.05) is 0 Å². The molecule has 0 unspecified atom stereocenters. The Morgan fingerprint density at radius 3 is 2.92 bits per heavy atom. The van der Waals surface area contributed by atoms with E-state index >= 15 is 0 Å². The van der Waals surface area contributed by atoms with E-state index in [4.69, 9.17) is 0 Å². The molecule has 4 heteroatoms. The van der Waals surface area contributed by atoms with Crippen molar-refractivity contribution in [2.45, 2.75) is 6.92 Å².